The molecule has 1 aliphatic rings. The molecule has 1 heterocycles. The van der Waals surface area contributed by atoms with Gasteiger partial charge in [-0.25, -0.2) is 5.84 Å². The fraction of sp³-hybridized carbons (Fsp3) is 0.333. The number of nitrogens with zero attached hydrogens (tertiary/aromatic N) is 2. The molecule has 1 aliphatic heterocycles. The van der Waals surface area contributed by atoms with Crippen molar-refractivity contribution < 1.29 is 14.3 Å². The van der Waals surface area contributed by atoms with Gasteiger partial charge >= 0.3 is 0 Å². The molecule has 0 atom stereocenters. The van der Waals surface area contributed by atoms with Gasteiger partial charge < -0.3 is 14.5 Å². The molecular formula is C21H26N4O3. The first-order valence-electron chi connectivity index (χ1n) is 9.51. The Morgan fingerprint density at radius 1 is 0.893 bits per heavy atom. The molecule has 3 N–H and O–H groups in total. The first kappa shape index (κ1) is 19.7. The normalized spacial score (nSPS) is 13.9. The number of anilines is 1. The third-order valence-corrected chi connectivity index (χ3v) is 4.77. The first-order chi connectivity index (χ1) is 13.7. The lowest BCUT2D eigenvalue weighted by Crippen LogP contribution is -2.48. The van der Waals surface area contributed by atoms with Crippen LogP contribution in [0.25, 0.3) is 0 Å². The number of nitrogens with one attached hydrogen (secondary N) is 1. The van der Waals surface area contributed by atoms with Crippen molar-refractivity contribution in [3.63, 3.8) is 0 Å². The zero-order valence-electron chi connectivity index (χ0n) is 15.8. The largest absolute Gasteiger partial charge is 0.457 e. The summed E-state index contributed by atoms with van der Waals surface area (Å²) in [4.78, 5) is 27.5. The van der Waals surface area contributed by atoms with Crippen LogP contribution in [0.1, 0.15) is 19.3 Å². The minimum atomic E-state index is -0.239. The Bertz CT molecular complexity index is 772. The van der Waals surface area contributed by atoms with Gasteiger partial charge in [0.2, 0.25) is 11.8 Å². The van der Waals surface area contributed by atoms with Crippen LogP contribution in [-0.2, 0) is 9.59 Å². The second kappa shape index (κ2) is 9.75. The van der Waals surface area contributed by atoms with Crippen LogP contribution in [0.2, 0.25) is 0 Å². The van der Waals surface area contributed by atoms with E-state index in [1.54, 1.807) is 0 Å². The van der Waals surface area contributed by atoms with E-state index in [4.69, 9.17) is 10.6 Å². The molecule has 1 fully saturated rings. The van der Waals surface area contributed by atoms with Crippen molar-refractivity contribution in [1.82, 2.24) is 10.3 Å². The molecule has 2 aromatic carbocycles. The van der Waals surface area contributed by atoms with Crippen LogP contribution in [0, 0.1) is 0 Å². The number of hydrogen-bond acceptors (Lipinski definition) is 5. The second-order valence-electron chi connectivity index (χ2n) is 6.70. The number of para-hydroxylation sites is 1. The van der Waals surface area contributed by atoms with Gasteiger partial charge in [-0.2, -0.15) is 0 Å². The number of ether oxygens (including phenoxy) is 1. The molecule has 3 rings (SSSR count). The molecule has 1 saturated heterocycles. The summed E-state index contributed by atoms with van der Waals surface area (Å²) >= 11 is 0. The quantitative estimate of drug-likeness (QED) is 0.436. The average Bonchev–Trinajstić information content (AvgIpc) is 2.75. The number of piperazine rings is 1. The standard InChI is InChI=1S/C21H26N4O3/c22-23-20(26)7-4-8-21(27)25-15-13-24(14-16-25)17-9-11-19(12-10-17)28-18-5-2-1-3-6-18/h1-3,5-6,9-12H,4,7-8,13-16,22H2,(H,23,26). The zero-order valence-corrected chi connectivity index (χ0v) is 15.8. The SMILES string of the molecule is NNC(=O)CCCC(=O)N1CCN(c2ccc(Oc3ccccc3)cc2)CC1. The molecule has 2 aromatic rings. The lowest BCUT2D eigenvalue weighted by molar-refractivity contribution is -0.131. The van der Waals surface area contributed by atoms with Gasteiger partial charge in [0, 0.05) is 44.7 Å². The van der Waals surface area contributed by atoms with E-state index in [-0.39, 0.29) is 18.2 Å². The fourth-order valence-corrected chi connectivity index (χ4v) is 3.19. The highest BCUT2D eigenvalue weighted by molar-refractivity contribution is 5.78. The number of rotatable bonds is 7. The van der Waals surface area contributed by atoms with Crippen LogP contribution in [0.15, 0.2) is 54.6 Å². The maximum Gasteiger partial charge on any atom is 0.233 e. The second-order valence-corrected chi connectivity index (χ2v) is 6.70. The van der Waals surface area contributed by atoms with Gasteiger partial charge in [0.15, 0.2) is 0 Å². The van der Waals surface area contributed by atoms with E-state index in [1.165, 1.54) is 0 Å². The van der Waals surface area contributed by atoms with Crippen LogP contribution < -0.4 is 20.9 Å². The zero-order chi connectivity index (χ0) is 19.8. The number of amides is 2. The van der Waals surface area contributed by atoms with Gasteiger partial charge in [-0.15, -0.1) is 0 Å². The molecular weight excluding hydrogens is 356 g/mol. The molecule has 2 amide bonds. The van der Waals surface area contributed by atoms with E-state index in [2.05, 4.69) is 10.3 Å². The van der Waals surface area contributed by atoms with Crippen LogP contribution in [0.4, 0.5) is 5.69 Å². The summed E-state index contributed by atoms with van der Waals surface area (Å²) in [5.74, 6) is 6.50. The number of nitrogens with two attached hydrogens (primary N) is 1. The van der Waals surface area contributed by atoms with Crippen molar-refractivity contribution in [3.8, 4) is 11.5 Å². The smallest absolute Gasteiger partial charge is 0.233 e. The van der Waals surface area contributed by atoms with Crippen molar-refractivity contribution >= 4 is 17.5 Å². The summed E-state index contributed by atoms with van der Waals surface area (Å²) in [6, 6.07) is 17.7. The molecule has 7 nitrogen and oxygen atoms in total. The van der Waals surface area contributed by atoms with Crippen LogP contribution in [0.3, 0.4) is 0 Å². The highest BCUT2D eigenvalue weighted by Crippen LogP contribution is 2.25. The van der Waals surface area contributed by atoms with Gasteiger partial charge in [-0.3, -0.25) is 15.0 Å². The summed E-state index contributed by atoms with van der Waals surface area (Å²) in [6.07, 6.45) is 1.17. The van der Waals surface area contributed by atoms with E-state index >= 15 is 0 Å². The minimum Gasteiger partial charge on any atom is -0.457 e. The maximum absolute atomic E-state index is 12.3. The predicted molar refractivity (Wildman–Crippen MR) is 108 cm³/mol. The molecule has 148 valence electrons. The Hall–Kier alpha value is -3.06. The summed E-state index contributed by atoms with van der Waals surface area (Å²) in [5.41, 5.74) is 3.20. The molecule has 0 unspecified atom stereocenters. The molecule has 0 saturated carbocycles. The number of carbonyl (C=O) groups is 2. The number of carbonyl (C=O) groups excluding carboxylic acids is 2. The van der Waals surface area contributed by atoms with E-state index in [0.29, 0.717) is 25.9 Å². The van der Waals surface area contributed by atoms with Crippen LogP contribution in [0.5, 0.6) is 11.5 Å². The molecule has 0 spiro atoms. The van der Waals surface area contributed by atoms with Gasteiger partial charge in [0.05, 0.1) is 0 Å². The Morgan fingerprint density at radius 2 is 1.54 bits per heavy atom. The predicted octanol–water partition coefficient (Wildman–Crippen LogP) is 2.29. The molecule has 0 aromatic heterocycles. The van der Waals surface area contributed by atoms with Crippen molar-refractivity contribution in [1.29, 1.82) is 0 Å². The van der Waals surface area contributed by atoms with E-state index in [0.717, 1.165) is 30.3 Å². The summed E-state index contributed by atoms with van der Waals surface area (Å²) < 4.78 is 5.82. The van der Waals surface area contributed by atoms with Gasteiger partial charge in [-0.05, 0) is 42.8 Å². The highest BCUT2D eigenvalue weighted by atomic mass is 16.5. The highest BCUT2D eigenvalue weighted by Gasteiger charge is 2.21. The van der Waals surface area contributed by atoms with Gasteiger partial charge in [0.1, 0.15) is 11.5 Å². The van der Waals surface area contributed by atoms with E-state index < -0.39 is 0 Å². The number of benzene rings is 2. The Kier molecular flexibility index (Phi) is 6.86. The third kappa shape index (κ3) is 5.47. The van der Waals surface area contributed by atoms with E-state index in [9.17, 15) is 9.59 Å². The topological polar surface area (TPSA) is 87.9 Å². The van der Waals surface area contributed by atoms with Crippen molar-refractivity contribution in [2.75, 3.05) is 31.1 Å². The summed E-state index contributed by atoms with van der Waals surface area (Å²) in [6.45, 7) is 2.94. The third-order valence-electron chi connectivity index (χ3n) is 4.77. The van der Waals surface area contributed by atoms with Crippen molar-refractivity contribution in [3.05, 3.63) is 54.6 Å². The lowest BCUT2D eigenvalue weighted by atomic mass is 10.2. The van der Waals surface area contributed by atoms with Crippen LogP contribution >= 0.6 is 0 Å². The number of hydrogen-bond donors (Lipinski definition) is 2. The molecule has 7 heteroatoms. The summed E-state index contributed by atoms with van der Waals surface area (Å²) in [7, 11) is 0. The monoisotopic (exact) mass is 382 g/mol. The van der Waals surface area contributed by atoms with Gasteiger partial charge in [0.25, 0.3) is 0 Å². The lowest BCUT2D eigenvalue weighted by Gasteiger charge is -2.36. The maximum atomic E-state index is 12.3. The number of hydrazine groups is 1. The minimum absolute atomic E-state index is 0.0936. The Labute approximate surface area is 165 Å². The van der Waals surface area contributed by atoms with Crippen molar-refractivity contribution in [2.24, 2.45) is 5.84 Å². The Morgan fingerprint density at radius 3 is 2.18 bits per heavy atom. The molecule has 0 radical (unpaired) electrons. The molecule has 0 bridgehead atoms. The first-order valence-corrected chi connectivity index (χ1v) is 9.51. The van der Waals surface area contributed by atoms with E-state index in [1.807, 2.05) is 59.5 Å². The molecule has 28 heavy (non-hydrogen) atoms. The fourth-order valence-electron chi connectivity index (χ4n) is 3.19. The Balaban J connectivity index is 1.45. The van der Waals surface area contributed by atoms with Crippen molar-refractivity contribution in [2.45, 2.75) is 19.3 Å². The van der Waals surface area contributed by atoms with Crippen LogP contribution in [-0.4, -0.2) is 42.9 Å². The summed E-state index contributed by atoms with van der Waals surface area (Å²) in [5, 5.41) is 0. The average molecular weight is 382 g/mol. The van der Waals surface area contributed by atoms with Gasteiger partial charge in [-0.1, -0.05) is 18.2 Å². The molecule has 0 aliphatic carbocycles.